The molecule has 4 aliphatic rings. The van der Waals surface area contributed by atoms with Crippen molar-refractivity contribution in [2.45, 2.75) is 62.0 Å². The van der Waals surface area contributed by atoms with Crippen molar-refractivity contribution in [3.05, 3.63) is 10.1 Å². The van der Waals surface area contributed by atoms with Crippen LogP contribution in [-0.2, 0) is 9.59 Å². The number of ketones is 2. The average molecular weight is 630 g/mol. The molecule has 0 N–H and O–H groups in total. The summed E-state index contributed by atoms with van der Waals surface area (Å²) in [6.45, 7) is 6.83. The number of fused-ring (bicyclic) bond motifs is 5. The first-order chi connectivity index (χ1) is 12.5. The number of carbonyl (C=O) groups is 2. The van der Waals surface area contributed by atoms with Gasteiger partial charge in [0.25, 0.3) is 0 Å². The Bertz CT molecular complexity index is 748. The maximum Gasteiger partial charge on any atom is 0.183 e. The Morgan fingerprint density at radius 1 is 1.15 bits per heavy atom. The number of rotatable bonds is 1. The predicted molar refractivity (Wildman–Crippen MR) is 123 cm³/mol. The molecular weight excluding hydrogens is 604 g/mol. The molecule has 2 nitrogen and oxygen atoms in total. The second kappa shape index (κ2) is 6.75. The lowest BCUT2D eigenvalue weighted by atomic mass is 9.43. The highest BCUT2D eigenvalue weighted by Crippen LogP contribution is 2.70. The summed E-state index contributed by atoms with van der Waals surface area (Å²) in [5.41, 5.74) is 1.03. The SMILES string of the molecule is C[C@H]1C(Br)C(=O)C(Br)=C2C(Br)(CBr)C[C@@H]3[C@H](CC[C@]4(C)C(=O)CC[C@@H]34)[C@]21C. The van der Waals surface area contributed by atoms with Gasteiger partial charge in [-0.15, -0.1) is 0 Å². The summed E-state index contributed by atoms with van der Waals surface area (Å²) >= 11 is 15.3. The first kappa shape index (κ1) is 21.2. The van der Waals surface area contributed by atoms with E-state index in [1.165, 1.54) is 5.57 Å². The summed E-state index contributed by atoms with van der Waals surface area (Å²) in [7, 11) is 0. The molecule has 3 fully saturated rings. The van der Waals surface area contributed by atoms with Gasteiger partial charge in [0.1, 0.15) is 5.78 Å². The lowest BCUT2D eigenvalue weighted by molar-refractivity contribution is -0.134. The molecule has 0 saturated heterocycles. The highest BCUT2D eigenvalue weighted by molar-refractivity contribution is 9.13. The zero-order chi connectivity index (χ0) is 19.9. The minimum atomic E-state index is -0.247. The molecule has 0 aliphatic heterocycles. The van der Waals surface area contributed by atoms with Gasteiger partial charge in [-0.3, -0.25) is 9.59 Å². The normalized spacial score (nSPS) is 52.5. The van der Waals surface area contributed by atoms with Crippen LogP contribution in [0.25, 0.3) is 0 Å². The highest BCUT2D eigenvalue weighted by atomic mass is 79.9. The van der Waals surface area contributed by atoms with Gasteiger partial charge in [-0.25, -0.2) is 0 Å². The molecule has 27 heavy (non-hydrogen) atoms. The summed E-state index contributed by atoms with van der Waals surface area (Å²) in [6, 6.07) is 0. The Morgan fingerprint density at radius 2 is 1.81 bits per heavy atom. The minimum absolute atomic E-state index is 0.0753. The number of halogens is 4. The maximum atomic E-state index is 12.9. The molecule has 4 rings (SSSR count). The third-order valence-corrected chi connectivity index (χ3v) is 13.5. The number of carbonyl (C=O) groups excluding carboxylic acids is 2. The fraction of sp³-hybridized carbons (Fsp3) is 0.810. The van der Waals surface area contributed by atoms with Gasteiger partial charge in [-0.2, -0.15) is 0 Å². The Balaban J connectivity index is 1.90. The van der Waals surface area contributed by atoms with E-state index in [9.17, 15) is 9.59 Å². The summed E-state index contributed by atoms with van der Waals surface area (Å²) in [5, 5.41) is 0.771. The molecule has 0 aromatic heterocycles. The molecule has 0 heterocycles. The van der Waals surface area contributed by atoms with Crippen LogP contribution in [0, 0.1) is 34.5 Å². The van der Waals surface area contributed by atoms with E-state index in [0.717, 1.165) is 41.9 Å². The first-order valence-corrected chi connectivity index (χ1v) is 13.5. The topological polar surface area (TPSA) is 34.1 Å². The van der Waals surface area contributed by atoms with Crippen LogP contribution in [-0.4, -0.2) is 26.0 Å². The number of hydrogen-bond donors (Lipinski definition) is 0. The van der Waals surface area contributed by atoms with Crippen molar-refractivity contribution < 1.29 is 9.59 Å². The van der Waals surface area contributed by atoms with Gasteiger partial charge in [0, 0.05) is 17.2 Å². The Kier molecular flexibility index (Phi) is 5.31. The van der Waals surface area contributed by atoms with Gasteiger partial charge >= 0.3 is 0 Å². The van der Waals surface area contributed by atoms with Gasteiger partial charge in [-0.05, 0) is 76.3 Å². The van der Waals surface area contributed by atoms with Crippen molar-refractivity contribution in [3.8, 4) is 0 Å². The lowest BCUT2D eigenvalue weighted by Gasteiger charge is -2.63. The molecule has 4 aliphatic carbocycles. The van der Waals surface area contributed by atoms with E-state index in [4.69, 9.17) is 0 Å². The van der Waals surface area contributed by atoms with Gasteiger partial charge in [-0.1, -0.05) is 68.6 Å². The highest BCUT2D eigenvalue weighted by Gasteiger charge is 2.66. The van der Waals surface area contributed by atoms with Crippen LogP contribution in [0.4, 0.5) is 0 Å². The Labute approximate surface area is 195 Å². The molecule has 0 amide bonds. The quantitative estimate of drug-likeness (QED) is 0.308. The molecule has 8 atom stereocenters. The van der Waals surface area contributed by atoms with Gasteiger partial charge < -0.3 is 0 Å². The third kappa shape index (κ3) is 2.64. The molecule has 0 bridgehead atoms. The van der Waals surface area contributed by atoms with Crippen molar-refractivity contribution in [1.82, 2.24) is 0 Å². The van der Waals surface area contributed by atoms with Crippen LogP contribution >= 0.6 is 63.7 Å². The van der Waals surface area contributed by atoms with Crippen LogP contribution in [0.1, 0.15) is 52.9 Å². The van der Waals surface area contributed by atoms with Crippen LogP contribution < -0.4 is 0 Å². The minimum Gasteiger partial charge on any atom is -0.299 e. The van der Waals surface area contributed by atoms with E-state index < -0.39 is 0 Å². The Morgan fingerprint density at radius 3 is 2.44 bits per heavy atom. The first-order valence-electron chi connectivity index (χ1n) is 9.89. The van der Waals surface area contributed by atoms with Crippen molar-refractivity contribution in [3.63, 3.8) is 0 Å². The molecule has 0 aromatic carbocycles. The van der Waals surface area contributed by atoms with Gasteiger partial charge in [0.15, 0.2) is 5.78 Å². The zero-order valence-electron chi connectivity index (χ0n) is 16.0. The summed E-state index contributed by atoms with van der Waals surface area (Å²) in [4.78, 5) is 25.5. The van der Waals surface area contributed by atoms with E-state index in [1.807, 2.05) is 0 Å². The Hall–Kier alpha value is 1.000. The van der Waals surface area contributed by atoms with E-state index in [2.05, 4.69) is 84.5 Å². The van der Waals surface area contributed by atoms with E-state index in [0.29, 0.717) is 23.5 Å². The summed E-state index contributed by atoms with van der Waals surface area (Å²) in [5.74, 6) is 2.34. The molecule has 2 unspecified atom stereocenters. The van der Waals surface area contributed by atoms with Crippen LogP contribution in [0.3, 0.4) is 0 Å². The molecule has 0 spiro atoms. The number of hydrogen-bond acceptors (Lipinski definition) is 2. The van der Waals surface area contributed by atoms with Crippen LogP contribution in [0.2, 0.25) is 0 Å². The molecular formula is C21H26Br4O2. The van der Waals surface area contributed by atoms with Crippen molar-refractivity contribution in [2.75, 3.05) is 5.33 Å². The fourth-order valence-electron chi connectivity index (χ4n) is 7.13. The molecule has 3 saturated carbocycles. The van der Waals surface area contributed by atoms with Crippen LogP contribution in [0.15, 0.2) is 10.1 Å². The molecule has 6 heteroatoms. The zero-order valence-corrected chi connectivity index (χ0v) is 22.3. The lowest BCUT2D eigenvalue weighted by Crippen LogP contribution is -2.61. The average Bonchev–Trinajstić information content (AvgIpc) is 2.93. The van der Waals surface area contributed by atoms with Crippen molar-refractivity contribution in [1.29, 1.82) is 0 Å². The smallest absolute Gasteiger partial charge is 0.183 e. The third-order valence-electron chi connectivity index (χ3n) is 8.75. The number of alkyl halides is 3. The molecule has 0 radical (unpaired) electrons. The van der Waals surface area contributed by atoms with E-state index in [1.54, 1.807) is 0 Å². The van der Waals surface area contributed by atoms with Crippen LogP contribution in [0.5, 0.6) is 0 Å². The monoisotopic (exact) mass is 626 g/mol. The largest absolute Gasteiger partial charge is 0.299 e. The molecule has 0 aromatic rings. The second-order valence-electron chi connectivity index (χ2n) is 9.62. The maximum absolute atomic E-state index is 12.9. The van der Waals surface area contributed by atoms with E-state index in [-0.39, 0.29) is 31.7 Å². The van der Waals surface area contributed by atoms with Gasteiger partial charge in [0.05, 0.1) is 13.6 Å². The molecule has 150 valence electrons. The number of allylic oxidation sites excluding steroid dienone is 1. The number of Topliss-reactive ketones (excluding diaryl/α,β-unsaturated/α-hetero) is 2. The summed E-state index contributed by atoms with van der Waals surface area (Å²) < 4.78 is 0.512. The van der Waals surface area contributed by atoms with Crippen molar-refractivity contribution in [2.24, 2.45) is 34.5 Å². The predicted octanol–water partition coefficient (Wildman–Crippen LogP) is 6.57. The summed E-state index contributed by atoms with van der Waals surface area (Å²) in [6.07, 6.45) is 4.83. The van der Waals surface area contributed by atoms with Gasteiger partial charge in [0.2, 0.25) is 0 Å². The second-order valence-corrected chi connectivity index (χ2v) is 13.5. The van der Waals surface area contributed by atoms with Crippen molar-refractivity contribution >= 4 is 75.3 Å². The van der Waals surface area contributed by atoms with E-state index >= 15 is 0 Å². The fourth-order valence-corrected chi connectivity index (χ4v) is 11.0. The standard InChI is InChI=1S/C21H26Br4O2/c1-10-15(23)17(27)16(24)18-20(10,3)13-6-7-19(2)12(4-5-14(19)26)11(13)8-21(18,25)9-22/h10-13,15H,4-9H2,1-3H3/t10-,11-,12-,13-,15?,19-,20+,21?/m0/s1.